The zero-order chi connectivity index (χ0) is 7.11. The van der Waals surface area contributed by atoms with Crippen molar-refractivity contribution in [1.82, 2.24) is 5.32 Å². The molecule has 54 valence electrons. The Morgan fingerprint density at radius 1 is 1.56 bits per heavy atom. The van der Waals surface area contributed by atoms with Gasteiger partial charge in [-0.05, 0) is 13.0 Å². The molecule has 1 fully saturated rings. The molecule has 1 heterocycles. The summed E-state index contributed by atoms with van der Waals surface area (Å²) in [6.45, 7) is 8.16. The Hall–Kier alpha value is -0.340. The van der Waals surface area contributed by atoms with Gasteiger partial charge in [-0.3, -0.25) is 0 Å². The molecule has 1 aliphatic heterocycles. The number of methoxy groups -OCH3 is 1. The first-order valence-electron chi connectivity index (χ1n) is 3.17. The van der Waals surface area contributed by atoms with Crippen LogP contribution < -0.4 is 5.32 Å². The van der Waals surface area contributed by atoms with Crippen molar-refractivity contribution in [3.63, 3.8) is 0 Å². The fraction of sp³-hybridized carbons (Fsp3) is 0.714. The van der Waals surface area contributed by atoms with Gasteiger partial charge in [0.15, 0.2) is 0 Å². The van der Waals surface area contributed by atoms with Gasteiger partial charge in [0.25, 0.3) is 0 Å². The minimum absolute atomic E-state index is 0.486. The summed E-state index contributed by atoms with van der Waals surface area (Å²) in [5.41, 5.74) is 0. The Morgan fingerprint density at radius 2 is 2.22 bits per heavy atom. The van der Waals surface area contributed by atoms with E-state index in [1.165, 1.54) is 6.42 Å². The predicted molar refractivity (Wildman–Crippen MR) is 39.5 cm³/mol. The highest BCUT2D eigenvalue weighted by atomic mass is 16.5. The first-order chi connectivity index (χ1) is 4.43. The van der Waals surface area contributed by atoms with Gasteiger partial charge in [-0.1, -0.05) is 0 Å². The lowest BCUT2D eigenvalue weighted by Gasteiger charge is -2.01. The molecule has 2 heteroatoms. The normalized spacial score (nSPS) is 24.8. The highest BCUT2D eigenvalue weighted by Crippen LogP contribution is 1.99. The molecule has 0 unspecified atom stereocenters. The maximum atomic E-state index is 5.05. The Balaban J connectivity index is 0.000000291. The molecule has 0 aliphatic carbocycles. The summed E-state index contributed by atoms with van der Waals surface area (Å²) < 4.78 is 5.05. The van der Waals surface area contributed by atoms with Crippen LogP contribution in [0.1, 0.15) is 6.42 Å². The van der Waals surface area contributed by atoms with Crippen LogP contribution >= 0.6 is 0 Å². The lowest BCUT2D eigenvalue weighted by Crippen LogP contribution is -2.14. The van der Waals surface area contributed by atoms with Gasteiger partial charge < -0.3 is 10.1 Å². The van der Waals surface area contributed by atoms with Gasteiger partial charge in [-0.2, -0.15) is 0 Å². The second kappa shape index (κ2) is 5.79. The van der Waals surface area contributed by atoms with E-state index >= 15 is 0 Å². The summed E-state index contributed by atoms with van der Waals surface area (Å²) >= 11 is 0. The van der Waals surface area contributed by atoms with Crippen molar-refractivity contribution in [3.8, 4) is 0 Å². The third kappa shape index (κ3) is 3.27. The van der Waals surface area contributed by atoms with Crippen molar-refractivity contribution in [1.29, 1.82) is 0 Å². The van der Waals surface area contributed by atoms with Gasteiger partial charge in [0.05, 0.1) is 6.10 Å². The number of hydrogen-bond donors (Lipinski definition) is 1. The highest BCUT2D eigenvalue weighted by Gasteiger charge is 2.11. The van der Waals surface area contributed by atoms with E-state index in [0.717, 1.165) is 13.1 Å². The average Bonchev–Trinajstić information content (AvgIpc) is 2.43. The minimum atomic E-state index is 0.486. The van der Waals surface area contributed by atoms with Crippen molar-refractivity contribution in [2.75, 3.05) is 20.2 Å². The summed E-state index contributed by atoms with van der Waals surface area (Å²) in [6, 6.07) is 0. The van der Waals surface area contributed by atoms with Gasteiger partial charge in [0, 0.05) is 13.7 Å². The lowest BCUT2D eigenvalue weighted by atomic mass is 10.3. The molecule has 1 rings (SSSR count). The Bertz CT molecular complexity index is 59.9. The highest BCUT2D eigenvalue weighted by molar-refractivity contribution is 4.69. The second-order valence-electron chi connectivity index (χ2n) is 1.85. The summed E-state index contributed by atoms with van der Waals surface area (Å²) in [7, 11) is 1.76. The van der Waals surface area contributed by atoms with Gasteiger partial charge in [-0.25, -0.2) is 0 Å². The van der Waals surface area contributed by atoms with E-state index in [9.17, 15) is 0 Å². The number of rotatable bonds is 1. The standard InChI is InChI=1S/C5H11NO.C2H4/c1-7-5-2-3-6-4-5;1-2/h5-6H,2-4H2,1H3;1-2H2/t5-;/m0./s1. The monoisotopic (exact) mass is 129 g/mol. The van der Waals surface area contributed by atoms with Gasteiger partial charge >= 0.3 is 0 Å². The molecule has 1 atom stereocenters. The van der Waals surface area contributed by atoms with E-state index in [0.29, 0.717) is 6.10 Å². The smallest absolute Gasteiger partial charge is 0.0707 e. The van der Waals surface area contributed by atoms with Crippen molar-refractivity contribution in [2.24, 2.45) is 0 Å². The van der Waals surface area contributed by atoms with E-state index < -0.39 is 0 Å². The van der Waals surface area contributed by atoms with Gasteiger partial charge in [0.2, 0.25) is 0 Å². The van der Waals surface area contributed by atoms with Crippen LogP contribution in [0.4, 0.5) is 0 Å². The quantitative estimate of drug-likeness (QED) is 0.529. The first kappa shape index (κ1) is 8.66. The number of ether oxygens (including phenoxy) is 1. The Kier molecular flexibility index (Phi) is 5.57. The third-order valence-corrected chi connectivity index (χ3v) is 1.35. The summed E-state index contributed by atoms with van der Waals surface area (Å²) in [4.78, 5) is 0. The van der Waals surface area contributed by atoms with Crippen LogP contribution in [0, 0.1) is 0 Å². The Morgan fingerprint density at radius 3 is 2.44 bits per heavy atom. The van der Waals surface area contributed by atoms with Crippen molar-refractivity contribution in [2.45, 2.75) is 12.5 Å². The molecule has 0 bridgehead atoms. The molecule has 0 saturated carbocycles. The molecule has 0 aromatic carbocycles. The molecular weight excluding hydrogens is 114 g/mol. The van der Waals surface area contributed by atoms with Crippen LogP contribution in [0.5, 0.6) is 0 Å². The minimum Gasteiger partial charge on any atom is -0.380 e. The molecule has 0 amide bonds. The zero-order valence-electron chi connectivity index (χ0n) is 6.02. The maximum absolute atomic E-state index is 5.05. The average molecular weight is 129 g/mol. The first-order valence-corrected chi connectivity index (χ1v) is 3.17. The molecule has 0 spiro atoms. The van der Waals surface area contributed by atoms with Crippen LogP contribution in [-0.2, 0) is 4.74 Å². The Labute approximate surface area is 56.9 Å². The molecule has 0 aromatic heterocycles. The van der Waals surface area contributed by atoms with E-state index in [1.807, 2.05) is 0 Å². The van der Waals surface area contributed by atoms with Gasteiger partial charge in [0.1, 0.15) is 0 Å². The molecule has 0 aromatic rings. The van der Waals surface area contributed by atoms with Gasteiger partial charge in [-0.15, -0.1) is 13.2 Å². The molecule has 1 aliphatic rings. The topological polar surface area (TPSA) is 21.3 Å². The van der Waals surface area contributed by atoms with E-state index in [4.69, 9.17) is 4.74 Å². The van der Waals surface area contributed by atoms with E-state index in [2.05, 4.69) is 18.5 Å². The van der Waals surface area contributed by atoms with Crippen molar-refractivity contribution < 1.29 is 4.74 Å². The predicted octanol–water partition coefficient (Wildman–Crippen LogP) is 0.797. The lowest BCUT2D eigenvalue weighted by molar-refractivity contribution is 0.119. The number of hydrogen-bond acceptors (Lipinski definition) is 2. The third-order valence-electron chi connectivity index (χ3n) is 1.35. The van der Waals surface area contributed by atoms with Crippen LogP contribution in [0.25, 0.3) is 0 Å². The molecule has 0 radical (unpaired) electrons. The van der Waals surface area contributed by atoms with E-state index in [-0.39, 0.29) is 0 Å². The SMILES string of the molecule is C=C.CO[C@H]1CCNC1. The van der Waals surface area contributed by atoms with Crippen LogP contribution in [0.3, 0.4) is 0 Å². The zero-order valence-corrected chi connectivity index (χ0v) is 6.02. The molecular formula is C7H15NO. The van der Waals surface area contributed by atoms with E-state index in [1.54, 1.807) is 7.11 Å². The van der Waals surface area contributed by atoms with Crippen LogP contribution in [0.2, 0.25) is 0 Å². The van der Waals surface area contributed by atoms with Crippen molar-refractivity contribution >= 4 is 0 Å². The second-order valence-corrected chi connectivity index (χ2v) is 1.85. The van der Waals surface area contributed by atoms with Crippen LogP contribution in [0.15, 0.2) is 13.2 Å². The summed E-state index contributed by atoms with van der Waals surface area (Å²) in [5.74, 6) is 0. The summed E-state index contributed by atoms with van der Waals surface area (Å²) in [6.07, 6.45) is 1.66. The molecule has 2 nitrogen and oxygen atoms in total. The van der Waals surface area contributed by atoms with Crippen molar-refractivity contribution in [3.05, 3.63) is 13.2 Å². The largest absolute Gasteiger partial charge is 0.380 e. The fourth-order valence-corrected chi connectivity index (χ4v) is 0.829. The number of nitrogens with one attached hydrogen (secondary N) is 1. The molecule has 9 heavy (non-hydrogen) atoms. The maximum Gasteiger partial charge on any atom is 0.0707 e. The fourth-order valence-electron chi connectivity index (χ4n) is 0.829. The van der Waals surface area contributed by atoms with Crippen LogP contribution in [-0.4, -0.2) is 26.3 Å². The molecule has 1 N–H and O–H groups in total. The summed E-state index contributed by atoms with van der Waals surface area (Å²) in [5, 5.41) is 3.20. The molecule has 1 saturated heterocycles.